The van der Waals surface area contributed by atoms with Crippen molar-refractivity contribution in [1.82, 2.24) is 15.0 Å². The summed E-state index contributed by atoms with van der Waals surface area (Å²) in [5.74, 6) is 0. The van der Waals surface area contributed by atoms with E-state index in [1.165, 1.54) is 60.5 Å². The van der Waals surface area contributed by atoms with Gasteiger partial charge in [-0.1, -0.05) is 92.7 Å². The first-order valence-corrected chi connectivity index (χ1v) is 16.1. The highest BCUT2D eigenvalue weighted by molar-refractivity contribution is 6.16. The smallest absolute Gasteiger partial charge is 0.0885 e. The monoisotopic (exact) mass is 601 g/mol. The van der Waals surface area contributed by atoms with Crippen molar-refractivity contribution in [2.24, 2.45) is 0 Å². The van der Waals surface area contributed by atoms with Gasteiger partial charge in [-0.05, 0) is 109 Å². The van der Waals surface area contributed by atoms with Crippen molar-refractivity contribution in [3.05, 3.63) is 163 Å². The highest BCUT2D eigenvalue weighted by Crippen LogP contribution is 2.51. The van der Waals surface area contributed by atoms with E-state index in [2.05, 4.69) is 151 Å². The number of rotatable bonds is 5. The zero-order chi connectivity index (χ0) is 31.5. The normalized spacial score (nSPS) is 13.1. The first-order valence-electron chi connectivity index (χ1n) is 16.1. The molecule has 0 unspecified atom stereocenters. The fourth-order valence-corrected chi connectivity index (χ4v) is 7.33. The van der Waals surface area contributed by atoms with Crippen molar-refractivity contribution in [3.63, 3.8) is 0 Å². The van der Waals surface area contributed by atoms with Crippen LogP contribution in [0.15, 0.2) is 152 Å². The Balaban J connectivity index is 1.12. The average Bonchev–Trinajstić information content (AvgIpc) is 3.37. The van der Waals surface area contributed by atoms with Crippen molar-refractivity contribution in [3.8, 4) is 55.9 Å². The van der Waals surface area contributed by atoms with Crippen LogP contribution in [0.25, 0.3) is 77.4 Å². The van der Waals surface area contributed by atoms with E-state index in [0.717, 1.165) is 28.1 Å². The van der Waals surface area contributed by atoms with Crippen LogP contribution in [0.4, 0.5) is 0 Å². The molecule has 47 heavy (non-hydrogen) atoms. The lowest BCUT2D eigenvalue weighted by atomic mass is 9.80. The van der Waals surface area contributed by atoms with Gasteiger partial charge in [-0.15, -0.1) is 0 Å². The second-order valence-electron chi connectivity index (χ2n) is 13.0. The summed E-state index contributed by atoms with van der Waals surface area (Å²) >= 11 is 0. The molecule has 0 aliphatic heterocycles. The minimum absolute atomic E-state index is 0.159. The summed E-state index contributed by atoms with van der Waals surface area (Å²) in [4.78, 5) is 14.0. The van der Waals surface area contributed by atoms with Gasteiger partial charge in [0.25, 0.3) is 0 Å². The number of hydrogen-bond acceptors (Lipinski definition) is 3. The summed E-state index contributed by atoms with van der Waals surface area (Å²) < 4.78 is 0. The molecule has 0 amide bonds. The average molecular weight is 602 g/mol. The summed E-state index contributed by atoms with van der Waals surface area (Å²) in [6.45, 7) is 4.68. The summed E-state index contributed by atoms with van der Waals surface area (Å²) in [5.41, 5.74) is 13.6. The van der Waals surface area contributed by atoms with Crippen LogP contribution in [0.3, 0.4) is 0 Å². The van der Waals surface area contributed by atoms with E-state index in [-0.39, 0.29) is 5.41 Å². The number of nitrogens with zero attached hydrogens (tertiary/aromatic N) is 3. The van der Waals surface area contributed by atoms with E-state index in [4.69, 9.17) is 4.98 Å². The SMILES string of the molecule is CC1(C)c2cc(-c3ccc(-c4cc(-c5ccccc5)cc(-c5ccccc5)c4)nc3)cc3ccc4cc(-c5cnccn5)cc1c4c23. The molecule has 0 N–H and O–H groups in total. The second-order valence-corrected chi connectivity index (χ2v) is 13.0. The highest BCUT2D eigenvalue weighted by atomic mass is 14.8. The molecule has 222 valence electrons. The maximum Gasteiger partial charge on any atom is 0.0885 e. The molecule has 8 aromatic rings. The van der Waals surface area contributed by atoms with Gasteiger partial charge in [-0.2, -0.15) is 0 Å². The first-order chi connectivity index (χ1) is 23.0. The molecule has 2 heterocycles. The van der Waals surface area contributed by atoms with Gasteiger partial charge in [-0.25, -0.2) is 0 Å². The number of pyridine rings is 1. The molecule has 1 aliphatic rings. The van der Waals surface area contributed by atoms with Gasteiger partial charge in [0.05, 0.1) is 17.6 Å². The molecule has 3 nitrogen and oxygen atoms in total. The van der Waals surface area contributed by atoms with Gasteiger partial charge in [0.15, 0.2) is 0 Å². The lowest BCUT2D eigenvalue weighted by Crippen LogP contribution is -2.15. The van der Waals surface area contributed by atoms with Crippen LogP contribution in [-0.4, -0.2) is 15.0 Å². The van der Waals surface area contributed by atoms with Crippen LogP contribution < -0.4 is 0 Å². The van der Waals surface area contributed by atoms with Crippen LogP contribution in [0.1, 0.15) is 25.0 Å². The molecule has 6 aromatic carbocycles. The Bertz CT molecular complexity index is 2390. The standard InChI is InChI=1S/C44H31N3/c1-44(2)38-24-35(19-30-13-14-31-20-37(41-27-45-17-18-46-41)25-39(44)43(31)42(30)38)32-15-16-40(47-26-32)36-22-33(28-9-5-3-6-10-28)21-34(23-36)29-11-7-4-8-12-29/h3-27H,1-2H3. The number of aromatic nitrogens is 3. The molecule has 0 saturated heterocycles. The maximum absolute atomic E-state index is 5.05. The predicted molar refractivity (Wildman–Crippen MR) is 194 cm³/mol. The number of benzene rings is 6. The van der Waals surface area contributed by atoms with Crippen molar-refractivity contribution in [2.45, 2.75) is 19.3 Å². The molecule has 0 spiro atoms. The molecule has 0 saturated carbocycles. The van der Waals surface area contributed by atoms with E-state index in [9.17, 15) is 0 Å². The second kappa shape index (κ2) is 10.6. The van der Waals surface area contributed by atoms with Crippen LogP contribution in [0, 0.1) is 0 Å². The van der Waals surface area contributed by atoms with Crippen molar-refractivity contribution < 1.29 is 0 Å². The summed E-state index contributed by atoms with van der Waals surface area (Å²) in [5, 5.41) is 5.21. The largest absolute Gasteiger partial charge is 0.261 e. The molecule has 0 radical (unpaired) electrons. The molecular formula is C44H31N3. The minimum Gasteiger partial charge on any atom is -0.261 e. The van der Waals surface area contributed by atoms with Gasteiger partial charge in [0.1, 0.15) is 0 Å². The molecule has 0 fully saturated rings. The fraction of sp³-hybridized carbons (Fsp3) is 0.0682. The molecule has 1 aliphatic carbocycles. The van der Waals surface area contributed by atoms with Gasteiger partial charge in [0.2, 0.25) is 0 Å². The number of hydrogen-bond donors (Lipinski definition) is 0. The topological polar surface area (TPSA) is 38.7 Å². The first kappa shape index (κ1) is 27.4. The van der Waals surface area contributed by atoms with E-state index < -0.39 is 0 Å². The Morgan fingerprint density at radius 1 is 0.404 bits per heavy atom. The van der Waals surface area contributed by atoms with Crippen LogP contribution >= 0.6 is 0 Å². The van der Waals surface area contributed by atoms with Gasteiger partial charge in [-0.3, -0.25) is 15.0 Å². The Kier molecular flexibility index (Phi) is 6.16. The van der Waals surface area contributed by atoms with Crippen LogP contribution in [0.2, 0.25) is 0 Å². The minimum atomic E-state index is -0.159. The van der Waals surface area contributed by atoms with E-state index in [1.54, 1.807) is 12.4 Å². The van der Waals surface area contributed by atoms with E-state index in [1.807, 2.05) is 12.4 Å². The summed E-state index contributed by atoms with van der Waals surface area (Å²) in [7, 11) is 0. The van der Waals surface area contributed by atoms with Crippen molar-refractivity contribution in [1.29, 1.82) is 0 Å². The Hall–Kier alpha value is -5.93. The van der Waals surface area contributed by atoms with Gasteiger partial charge < -0.3 is 0 Å². The molecule has 0 atom stereocenters. The Morgan fingerprint density at radius 2 is 0.957 bits per heavy atom. The van der Waals surface area contributed by atoms with Gasteiger partial charge >= 0.3 is 0 Å². The zero-order valence-corrected chi connectivity index (χ0v) is 26.3. The van der Waals surface area contributed by atoms with Crippen molar-refractivity contribution in [2.75, 3.05) is 0 Å². The maximum atomic E-state index is 5.05. The fourth-order valence-electron chi connectivity index (χ4n) is 7.33. The molecular weight excluding hydrogens is 571 g/mol. The highest BCUT2D eigenvalue weighted by Gasteiger charge is 2.35. The Labute approximate surface area is 274 Å². The van der Waals surface area contributed by atoms with E-state index in [0.29, 0.717) is 0 Å². The molecule has 9 rings (SSSR count). The van der Waals surface area contributed by atoms with Crippen LogP contribution in [-0.2, 0) is 5.41 Å². The quantitative estimate of drug-likeness (QED) is 0.184. The molecule has 3 heteroatoms. The van der Waals surface area contributed by atoms with Crippen LogP contribution in [0.5, 0.6) is 0 Å². The van der Waals surface area contributed by atoms with E-state index >= 15 is 0 Å². The summed E-state index contributed by atoms with van der Waals surface area (Å²) in [6.07, 6.45) is 7.35. The van der Waals surface area contributed by atoms with Crippen molar-refractivity contribution >= 4 is 21.5 Å². The lowest BCUT2D eigenvalue weighted by molar-refractivity contribution is 0.663. The third kappa shape index (κ3) is 4.54. The third-order valence-electron chi connectivity index (χ3n) is 9.78. The van der Waals surface area contributed by atoms with Gasteiger partial charge in [0, 0.05) is 40.7 Å². The zero-order valence-electron chi connectivity index (χ0n) is 26.3. The third-order valence-corrected chi connectivity index (χ3v) is 9.78. The molecule has 2 aromatic heterocycles. The molecule has 0 bridgehead atoms. The predicted octanol–water partition coefficient (Wildman–Crippen LogP) is 11.2. The Morgan fingerprint density at radius 3 is 1.53 bits per heavy atom. The lowest BCUT2D eigenvalue weighted by Gasteiger charge is -2.23. The summed E-state index contributed by atoms with van der Waals surface area (Å²) in [6, 6.07) is 46.1.